The minimum absolute atomic E-state index is 0.0669. The van der Waals surface area contributed by atoms with Gasteiger partial charge >= 0.3 is 6.09 Å². The SMILES string of the molecule is CC(C)(C)OC(=O)NCC(=O)NC(Cc1ccccc1)Cc1ccccc1. The van der Waals surface area contributed by atoms with Gasteiger partial charge in [0.2, 0.25) is 5.91 Å². The first-order valence-corrected chi connectivity index (χ1v) is 9.16. The van der Waals surface area contributed by atoms with Crippen LogP contribution in [-0.2, 0) is 22.4 Å². The van der Waals surface area contributed by atoms with Crippen molar-refractivity contribution in [1.82, 2.24) is 10.6 Å². The summed E-state index contributed by atoms with van der Waals surface area (Å²) in [6.07, 6.45) is 0.835. The minimum Gasteiger partial charge on any atom is -0.444 e. The number of nitrogens with one attached hydrogen (secondary N) is 2. The van der Waals surface area contributed by atoms with Gasteiger partial charge in [-0.2, -0.15) is 0 Å². The number of amides is 2. The highest BCUT2D eigenvalue weighted by atomic mass is 16.6. The predicted molar refractivity (Wildman–Crippen MR) is 106 cm³/mol. The Kier molecular flexibility index (Phi) is 7.41. The summed E-state index contributed by atoms with van der Waals surface area (Å²) in [5.74, 6) is -0.238. The third kappa shape index (κ3) is 8.40. The molecule has 0 bridgehead atoms. The highest BCUT2D eigenvalue weighted by Crippen LogP contribution is 2.10. The number of hydrogen-bond acceptors (Lipinski definition) is 3. The number of alkyl carbamates (subject to hydrolysis) is 1. The number of carbonyl (C=O) groups is 2. The molecule has 27 heavy (non-hydrogen) atoms. The molecule has 2 N–H and O–H groups in total. The highest BCUT2D eigenvalue weighted by Gasteiger charge is 2.18. The Hall–Kier alpha value is -2.82. The summed E-state index contributed by atoms with van der Waals surface area (Å²) in [6, 6.07) is 20.0. The number of benzene rings is 2. The van der Waals surface area contributed by atoms with Gasteiger partial charge in [0.15, 0.2) is 0 Å². The van der Waals surface area contributed by atoms with Crippen molar-refractivity contribution in [3.63, 3.8) is 0 Å². The summed E-state index contributed by atoms with van der Waals surface area (Å²) in [4.78, 5) is 24.0. The summed E-state index contributed by atoms with van der Waals surface area (Å²) in [5, 5.41) is 5.52. The van der Waals surface area contributed by atoms with E-state index in [2.05, 4.69) is 10.6 Å². The van der Waals surface area contributed by atoms with Gasteiger partial charge in [0.1, 0.15) is 12.1 Å². The van der Waals surface area contributed by atoms with Crippen molar-refractivity contribution in [2.75, 3.05) is 6.54 Å². The molecular weight excluding hydrogens is 340 g/mol. The summed E-state index contributed by atoms with van der Waals surface area (Å²) < 4.78 is 5.15. The molecule has 0 aromatic heterocycles. The van der Waals surface area contributed by atoms with E-state index in [1.54, 1.807) is 20.8 Å². The second-order valence-electron chi connectivity index (χ2n) is 7.50. The van der Waals surface area contributed by atoms with Crippen molar-refractivity contribution < 1.29 is 14.3 Å². The van der Waals surface area contributed by atoms with E-state index in [4.69, 9.17) is 4.74 Å². The third-order valence-corrected chi connectivity index (χ3v) is 3.81. The van der Waals surface area contributed by atoms with Crippen LogP contribution in [0.15, 0.2) is 60.7 Å². The van der Waals surface area contributed by atoms with Gasteiger partial charge in [-0.3, -0.25) is 4.79 Å². The lowest BCUT2D eigenvalue weighted by Crippen LogP contribution is -2.44. The van der Waals surface area contributed by atoms with E-state index in [9.17, 15) is 9.59 Å². The lowest BCUT2D eigenvalue weighted by atomic mass is 9.99. The first-order valence-electron chi connectivity index (χ1n) is 9.16. The van der Waals surface area contributed by atoms with Gasteiger partial charge in [-0.05, 0) is 44.7 Å². The second-order valence-corrected chi connectivity index (χ2v) is 7.50. The van der Waals surface area contributed by atoms with Gasteiger partial charge in [-0.25, -0.2) is 4.79 Å². The number of hydrogen-bond donors (Lipinski definition) is 2. The zero-order chi connectivity index (χ0) is 19.7. The van der Waals surface area contributed by atoms with Crippen LogP contribution in [0.2, 0.25) is 0 Å². The molecule has 0 aliphatic carbocycles. The second kappa shape index (κ2) is 9.76. The standard InChI is InChI=1S/C22H28N2O3/c1-22(2,3)27-21(26)23-16-20(25)24-19(14-17-10-6-4-7-11-17)15-18-12-8-5-9-13-18/h4-13,19H,14-16H2,1-3H3,(H,23,26)(H,24,25). The number of carbonyl (C=O) groups excluding carboxylic acids is 2. The fraction of sp³-hybridized carbons (Fsp3) is 0.364. The molecule has 0 aliphatic rings. The molecule has 2 rings (SSSR count). The molecule has 0 spiro atoms. The predicted octanol–water partition coefficient (Wildman–Crippen LogP) is 3.48. The molecule has 0 unspecified atom stereocenters. The Morgan fingerprint density at radius 2 is 1.37 bits per heavy atom. The lowest BCUT2D eigenvalue weighted by Gasteiger charge is -2.21. The third-order valence-electron chi connectivity index (χ3n) is 3.81. The van der Waals surface area contributed by atoms with Crippen molar-refractivity contribution in [2.45, 2.75) is 45.3 Å². The van der Waals surface area contributed by atoms with Gasteiger partial charge < -0.3 is 15.4 Å². The van der Waals surface area contributed by atoms with Crippen molar-refractivity contribution in [3.05, 3.63) is 71.8 Å². The van der Waals surface area contributed by atoms with E-state index in [-0.39, 0.29) is 18.5 Å². The van der Waals surface area contributed by atoms with Gasteiger partial charge in [-0.15, -0.1) is 0 Å². The topological polar surface area (TPSA) is 67.4 Å². The first kappa shape index (κ1) is 20.5. The quantitative estimate of drug-likeness (QED) is 0.786. The molecule has 0 fully saturated rings. The largest absolute Gasteiger partial charge is 0.444 e. The summed E-state index contributed by atoms with van der Waals surface area (Å²) >= 11 is 0. The molecule has 2 aromatic rings. The molecule has 0 heterocycles. The molecule has 0 aliphatic heterocycles. The fourth-order valence-corrected chi connectivity index (χ4v) is 2.72. The Balaban J connectivity index is 1.94. The van der Waals surface area contributed by atoms with Crippen LogP contribution in [0.3, 0.4) is 0 Å². The van der Waals surface area contributed by atoms with E-state index in [0.717, 1.165) is 11.1 Å². The van der Waals surface area contributed by atoms with Crippen LogP contribution in [0.1, 0.15) is 31.9 Å². The van der Waals surface area contributed by atoms with Crippen LogP contribution in [0.25, 0.3) is 0 Å². The molecule has 2 amide bonds. The molecule has 5 nitrogen and oxygen atoms in total. The van der Waals surface area contributed by atoms with Crippen LogP contribution < -0.4 is 10.6 Å². The normalized spacial score (nSPS) is 11.1. The fourth-order valence-electron chi connectivity index (χ4n) is 2.72. The van der Waals surface area contributed by atoms with E-state index in [1.807, 2.05) is 60.7 Å². The first-order chi connectivity index (χ1) is 12.8. The molecule has 0 saturated carbocycles. The zero-order valence-electron chi connectivity index (χ0n) is 16.2. The summed E-state index contributed by atoms with van der Waals surface area (Å²) in [5.41, 5.74) is 1.71. The average molecular weight is 368 g/mol. The molecular formula is C22H28N2O3. The summed E-state index contributed by atoms with van der Waals surface area (Å²) in [7, 11) is 0. The van der Waals surface area contributed by atoms with E-state index < -0.39 is 11.7 Å². The Labute approximate surface area is 161 Å². The van der Waals surface area contributed by atoms with Crippen LogP contribution in [0.5, 0.6) is 0 Å². The monoisotopic (exact) mass is 368 g/mol. The van der Waals surface area contributed by atoms with Gasteiger partial charge in [-0.1, -0.05) is 60.7 Å². The van der Waals surface area contributed by atoms with Gasteiger partial charge in [0, 0.05) is 6.04 Å². The van der Waals surface area contributed by atoms with Crippen LogP contribution in [0.4, 0.5) is 4.79 Å². The molecule has 0 atom stereocenters. The highest BCUT2D eigenvalue weighted by molar-refractivity contribution is 5.82. The van der Waals surface area contributed by atoms with E-state index in [0.29, 0.717) is 12.8 Å². The van der Waals surface area contributed by atoms with Crippen molar-refractivity contribution >= 4 is 12.0 Å². The van der Waals surface area contributed by atoms with E-state index in [1.165, 1.54) is 0 Å². The van der Waals surface area contributed by atoms with Crippen molar-refractivity contribution in [3.8, 4) is 0 Å². The van der Waals surface area contributed by atoms with Crippen LogP contribution in [0, 0.1) is 0 Å². The van der Waals surface area contributed by atoms with Crippen molar-refractivity contribution in [2.24, 2.45) is 0 Å². The lowest BCUT2D eigenvalue weighted by molar-refractivity contribution is -0.121. The molecule has 144 valence electrons. The van der Waals surface area contributed by atoms with Crippen LogP contribution in [-0.4, -0.2) is 30.2 Å². The Bertz CT molecular complexity index is 683. The molecule has 2 aromatic carbocycles. The Morgan fingerprint density at radius 1 is 0.889 bits per heavy atom. The zero-order valence-corrected chi connectivity index (χ0v) is 16.2. The smallest absolute Gasteiger partial charge is 0.408 e. The summed E-state index contributed by atoms with van der Waals surface area (Å²) in [6.45, 7) is 5.22. The molecule has 5 heteroatoms. The minimum atomic E-state index is -0.597. The average Bonchev–Trinajstić information content (AvgIpc) is 2.60. The maximum Gasteiger partial charge on any atom is 0.408 e. The Morgan fingerprint density at radius 3 is 1.81 bits per heavy atom. The van der Waals surface area contributed by atoms with Crippen LogP contribution >= 0.6 is 0 Å². The number of ether oxygens (including phenoxy) is 1. The van der Waals surface area contributed by atoms with Gasteiger partial charge in [0.25, 0.3) is 0 Å². The van der Waals surface area contributed by atoms with Crippen molar-refractivity contribution in [1.29, 1.82) is 0 Å². The number of rotatable bonds is 7. The molecule has 0 radical (unpaired) electrons. The van der Waals surface area contributed by atoms with Gasteiger partial charge in [0.05, 0.1) is 0 Å². The van der Waals surface area contributed by atoms with E-state index >= 15 is 0 Å². The maximum absolute atomic E-state index is 12.3. The maximum atomic E-state index is 12.3. The molecule has 0 saturated heterocycles.